The summed E-state index contributed by atoms with van der Waals surface area (Å²) < 4.78 is 0. The molecule has 0 aliphatic carbocycles. The van der Waals surface area contributed by atoms with Crippen LogP contribution >= 0.6 is 0 Å². The molecule has 2 aromatic rings. The molecule has 0 bridgehead atoms. The van der Waals surface area contributed by atoms with E-state index in [1.165, 1.54) is 13.3 Å². The molecule has 2 rings (SSSR count). The highest BCUT2D eigenvalue weighted by Crippen LogP contribution is 2.02. The van der Waals surface area contributed by atoms with E-state index < -0.39 is 0 Å². The topological polar surface area (TPSA) is 135 Å². The summed E-state index contributed by atoms with van der Waals surface area (Å²) in [6.45, 7) is 1.33. The molecular weight excluding hydrogens is 202 g/mol. The predicted octanol–water partition coefficient (Wildman–Crippen LogP) is -1.22. The molecule has 0 atom stereocenters. The van der Waals surface area contributed by atoms with Gasteiger partial charge in [-0.25, -0.2) is 4.98 Å². The van der Waals surface area contributed by atoms with E-state index in [0.717, 1.165) is 0 Å². The lowest BCUT2D eigenvalue weighted by Crippen LogP contribution is -2.15. The van der Waals surface area contributed by atoms with Gasteiger partial charge in [-0.1, -0.05) is 0 Å². The van der Waals surface area contributed by atoms with Crippen molar-refractivity contribution in [3.63, 3.8) is 0 Å². The molecule has 0 spiro atoms. The summed E-state index contributed by atoms with van der Waals surface area (Å²) >= 11 is 0. The van der Waals surface area contributed by atoms with Crippen LogP contribution in [-0.4, -0.2) is 31.3 Å². The Morgan fingerprint density at radius 2 is 2.27 bits per heavy atom. The number of carbonyl (C=O) groups is 1. The maximum atomic E-state index is 11.3. The van der Waals surface area contributed by atoms with Gasteiger partial charge < -0.3 is 10.5 Å². The third-order valence-corrected chi connectivity index (χ3v) is 1.59. The van der Waals surface area contributed by atoms with Crippen LogP contribution in [0.2, 0.25) is 0 Å². The minimum absolute atomic E-state index is 0. The molecule has 0 aliphatic rings. The zero-order valence-electron chi connectivity index (χ0n) is 7.79. The number of amides is 1. The number of hydrogen-bond acceptors (Lipinski definition) is 4. The molecule has 2 aromatic heterocycles. The van der Waals surface area contributed by atoms with Crippen LogP contribution in [-0.2, 0) is 4.79 Å². The number of fused-ring (bicyclic) bond motifs is 1. The van der Waals surface area contributed by atoms with E-state index in [2.05, 4.69) is 25.3 Å². The number of aromatic amines is 2. The first kappa shape index (κ1) is 10.9. The van der Waals surface area contributed by atoms with E-state index in [9.17, 15) is 9.59 Å². The van der Waals surface area contributed by atoms with E-state index in [1.807, 2.05) is 0 Å². The molecule has 15 heavy (non-hydrogen) atoms. The minimum atomic E-state index is -0.365. The number of hydrogen-bond donors (Lipinski definition) is 3. The smallest absolute Gasteiger partial charge is 0.278 e. The largest absolute Gasteiger partial charge is 0.412 e. The number of imidazole rings is 1. The Balaban J connectivity index is 0.00000112. The molecule has 0 unspecified atom stereocenters. The lowest BCUT2D eigenvalue weighted by atomic mass is 10.5. The number of H-pyrrole nitrogens is 2. The van der Waals surface area contributed by atoms with Crippen molar-refractivity contribution in [2.75, 3.05) is 5.32 Å². The number of rotatable bonds is 1. The van der Waals surface area contributed by atoms with Gasteiger partial charge in [-0.3, -0.25) is 19.9 Å². The van der Waals surface area contributed by atoms with E-state index >= 15 is 0 Å². The van der Waals surface area contributed by atoms with Crippen LogP contribution in [0.4, 0.5) is 5.95 Å². The molecular formula is C7H9N5O3. The second-order valence-electron chi connectivity index (χ2n) is 2.70. The summed E-state index contributed by atoms with van der Waals surface area (Å²) in [5.74, 6) is -0.204. The fraction of sp³-hybridized carbons (Fsp3) is 0.143. The second-order valence-corrected chi connectivity index (χ2v) is 2.70. The Bertz CT molecular complexity index is 543. The van der Waals surface area contributed by atoms with E-state index in [1.54, 1.807) is 0 Å². The van der Waals surface area contributed by atoms with Crippen LogP contribution in [0, 0.1) is 0 Å². The molecule has 0 aromatic carbocycles. The van der Waals surface area contributed by atoms with Crippen LogP contribution in [0.25, 0.3) is 11.2 Å². The normalized spacial score (nSPS) is 9.67. The summed E-state index contributed by atoms with van der Waals surface area (Å²) in [4.78, 5) is 34.8. The highest BCUT2D eigenvalue weighted by molar-refractivity contribution is 5.87. The highest BCUT2D eigenvalue weighted by atomic mass is 16.1. The van der Waals surface area contributed by atoms with Crippen molar-refractivity contribution in [2.45, 2.75) is 6.92 Å². The van der Waals surface area contributed by atoms with Crippen molar-refractivity contribution < 1.29 is 10.3 Å². The molecule has 2 heterocycles. The van der Waals surface area contributed by atoms with Gasteiger partial charge >= 0.3 is 0 Å². The average Bonchev–Trinajstić information content (AvgIpc) is 2.50. The number of anilines is 1. The molecule has 0 fully saturated rings. The minimum Gasteiger partial charge on any atom is -0.412 e. The Kier molecular flexibility index (Phi) is 2.81. The number of carbonyl (C=O) groups excluding carboxylic acids is 1. The van der Waals surface area contributed by atoms with Crippen molar-refractivity contribution in [2.24, 2.45) is 0 Å². The molecule has 0 aliphatic heterocycles. The molecule has 8 nitrogen and oxygen atoms in total. The Morgan fingerprint density at radius 3 is 2.93 bits per heavy atom. The molecule has 0 saturated heterocycles. The Hall–Kier alpha value is -2.22. The molecule has 0 radical (unpaired) electrons. The molecule has 8 heteroatoms. The van der Waals surface area contributed by atoms with Gasteiger partial charge in [0, 0.05) is 6.92 Å². The third-order valence-electron chi connectivity index (χ3n) is 1.59. The van der Waals surface area contributed by atoms with E-state index in [4.69, 9.17) is 0 Å². The number of nitrogens with one attached hydrogen (secondary N) is 3. The highest BCUT2D eigenvalue weighted by Gasteiger charge is 2.05. The van der Waals surface area contributed by atoms with Crippen LogP contribution in [0.15, 0.2) is 11.1 Å². The molecule has 5 N–H and O–H groups in total. The Labute approximate surface area is 83.1 Å². The van der Waals surface area contributed by atoms with Crippen LogP contribution in [0.1, 0.15) is 6.92 Å². The van der Waals surface area contributed by atoms with Gasteiger partial charge in [0.05, 0.1) is 6.33 Å². The zero-order valence-corrected chi connectivity index (χ0v) is 7.79. The van der Waals surface area contributed by atoms with Gasteiger partial charge in [0.1, 0.15) is 0 Å². The van der Waals surface area contributed by atoms with Gasteiger partial charge in [-0.15, -0.1) is 0 Å². The summed E-state index contributed by atoms with van der Waals surface area (Å²) in [7, 11) is 0. The second kappa shape index (κ2) is 3.88. The monoisotopic (exact) mass is 211 g/mol. The van der Waals surface area contributed by atoms with Gasteiger partial charge in [-0.2, -0.15) is 4.98 Å². The molecule has 80 valence electrons. The first-order chi connectivity index (χ1) is 6.66. The lowest BCUT2D eigenvalue weighted by molar-refractivity contribution is -0.114. The standard InChI is InChI=1S/C7H7N5O2.H2O/c1-3(13)10-7-11-5-4(6(14)12-7)8-2-9-5;/h2H,1H3,(H3,8,9,10,11,12,13,14);1H2. The molecule has 0 saturated carbocycles. The van der Waals surface area contributed by atoms with Crippen LogP contribution in [0.3, 0.4) is 0 Å². The van der Waals surface area contributed by atoms with Gasteiger partial charge in [0.15, 0.2) is 11.2 Å². The number of nitrogens with zero attached hydrogens (tertiary/aromatic N) is 2. The van der Waals surface area contributed by atoms with Gasteiger partial charge in [0.2, 0.25) is 11.9 Å². The first-order valence-electron chi connectivity index (χ1n) is 3.88. The van der Waals surface area contributed by atoms with Crippen molar-refractivity contribution in [1.29, 1.82) is 0 Å². The average molecular weight is 211 g/mol. The maximum absolute atomic E-state index is 11.3. The summed E-state index contributed by atoms with van der Waals surface area (Å²) in [5, 5.41) is 2.37. The lowest BCUT2D eigenvalue weighted by Gasteiger charge is -1.98. The first-order valence-corrected chi connectivity index (χ1v) is 3.88. The van der Waals surface area contributed by atoms with Crippen LogP contribution in [0.5, 0.6) is 0 Å². The Morgan fingerprint density at radius 1 is 1.53 bits per heavy atom. The quantitative estimate of drug-likeness (QED) is 0.544. The predicted molar refractivity (Wildman–Crippen MR) is 52.4 cm³/mol. The fourth-order valence-corrected chi connectivity index (χ4v) is 1.07. The summed E-state index contributed by atoms with van der Waals surface area (Å²) in [5.41, 5.74) is 0.202. The van der Waals surface area contributed by atoms with Gasteiger partial charge in [0.25, 0.3) is 5.56 Å². The van der Waals surface area contributed by atoms with Crippen LogP contribution < -0.4 is 10.9 Å². The molecule has 1 amide bonds. The summed E-state index contributed by atoms with van der Waals surface area (Å²) in [6, 6.07) is 0. The maximum Gasteiger partial charge on any atom is 0.278 e. The zero-order chi connectivity index (χ0) is 10.1. The van der Waals surface area contributed by atoms with Crippen molar-refractivity contribution in [3.05, 3.63) is 16.7 Å². The summed E-state index contributed by atoms with van der Waals surface area (Å²) in [6.07, 6.45) is 1.37. The van der Waals surface area contributed by atoms with E-state index in [-0.39, 0.29) is 28.5 Å². The number of aromatic nitrogens is 4. The van der Waals surface area contributed by atoms with Gasteiger partial charge in [-0.05, 0) is 0 Å². The van der Waals surface area contributed by atoms with Crippen molar-refractivity contribution in [1.82, 2.24) is 19.9 Å². The van der Waals surface area contributed by atoms with Crippen molar-refractivity contribution >= 4 is 23.0 Å². The van der Waals surface area contributed by atoms with Crippen molar-refractivity contribution in [3.8, 4) is 0 Å². The van der Waals surface area contributed by atoms with E-state index in [0.29, 0.717) is 5.52 Å². The SMILES string of the molecule is CC(=O)Nc1nc2nc[nH]c2c(=O)[nH]1.O. The third kappa shape index (κ3) is 1.99. The fourth-order valence-electron chi connectivity index (χ4n) is 1.07.